The van der Waals surface area contributed by atoms with Crippen LogP contribution in [-0.4, -0.2) is 20.9 Å². The highest BCUT2D eigenvalue weighted by Crippen LogP contribution is 2.66. The van der Waals surface area contributed by atoms with Crippen molar-refractivity contribution in [1.29, 1.82) is 0 Å². The Morgan fingerprint density at radius 3 is 2.00 bits per heavy atom. The van der Waals surface area contributed by atoms with Crippen molar-refractivity contribution in [2.45, 2.75) is 77.7 Å². The molecule has 0 aromatic heterocycles. The largest absolute Gasteiger partial charge is 0.409 e. The Bertz CT molecular complexity index is 662. The maximum atomic E-state index is 6.88. The second-order valence-electron chi connectivity index (χ2n) is 9.24. The number of rotatable bonds is 9. The topological polar surface area (TPSA) is 21.3 Å². The standard InChI is InChI=1S/C22H34Cl3NOSi/c1-6-28(7-2,8-3)27-20(21-18(24)9-14(23)10-19(21)25)13-26-15-11-16-17(12-15)22(16,4)5/h9-10,15-17,20,26H,6-8,11-13H2,1-5H3/t15-,16+,17-,20?. The first-order valence-corrected chi connectivity index (χ1v) is 14.4. The average Bonchev–Trinajstić information content (AvgIpc) is 2.99. The Morgan fingerprint density at radius 1 is 1.04 bits per heavy atom. The van der Waals surface area contributed by atoms with Gasteiger partial charge in [-0.25, -0.2) is 0 Å². The fourth-order valence-electron chi connectivity index (χ4n) is 5.31. The van der Waals surface area contributed by atoms with Crippen LogP contribution in [0.2, 0.25) is 33.2 Å². The van der Waals surface area contributed by atoms with Crippen molar-refractivity contribution in [2.75, 3.05) is 6.54 Å². The zero-order chi connectivity index (χ0) is 20.7. The van der Waals surface area contributed by atoms with Gasteiger partial charge in [0.1, 0.15) is 0 Å². The number of nitrogens with one attached hydrogen (secondary N) is 1. The van der Waals surface area contributed by atoms with E-state index in [2.05, 4.69) is 39.9 Å². The Hall–Kier alpha value is 0.227. The van der Waals surface area contributed by atoms with Crippen molar-refractivity contribution < 1.29 is 4.43 Å². The molecule has 6 heteroatoms. The van der Waals surface area contributed by atoms with Crippen LogP contribution in [0.1, 0.15) is 59.1 Å². The van der Waals surface area contributed by atoms with Crippen LogP contribution >= 0.6 is 34.8 Å². The first-order valence-electron chi connectivity index (χ1n) is 10.7. The van der Waals surface area contributed by atoms with Gasteiger partial charge in [0, 0.05) is 33.2 Å². The zero-order valence-electron chi connectivity index (χ0n) is 17.7. The molecule has 1 aromatic carbocycles. The molecule has 0 amide bonds. The van der Waals surface area contributed by atoms with Crippen molar-refractivity contribution >= 4 is 43.1 Å². The minimum absolute atomic E-state index is 0.131. The Kier molecular flexibility index (Phi) is 7.17. The molecule has 0 heterocycles. The number of benzene rings is 1. The molecule has 0 aliphatic heterocycles. The van der Waals surface area contributed by atoms with E-state index in [4.69, 9.17) is 39.2 Å². The predicted octanol–water partition coefficient (Wildman–Crippen LogP) is 7.73. The lowest BCUT2D eigenvalue weighted by Gasteiger charge is -2.35. The van der Waals surface area contributed by atoms with Crippen molar-refractivity contribution in [2.24, 2.45) is 17.3 Å². The average molecular weight is 463 g/mol. The van der Waals surface area contributed by atoms with Gasteiger partial charge in [-0.2, -0.15) is 0 Å². The van der Waals surface area contributed by atoms with Crippen LogP contribution in [-0.2, 0) is 4.43 Å². The molecule has 1 aromatic rings. The molecule has 4 atom stereocenters. The Labute approximate surface area is 186 Å². The monoisotopic (exact) mass is 461 g/mol. The quantitative estimate of drug-likeness (QED) is 0.379. The summed E-state index contributed by atoms with van der Waals surface area (Å²) < 4.78 is 6.88. The van der Waals surface area contributed by atoms with Gasteiger partial charge in [-0.15, -0.1) is 0 Å². The van der Waals surface area contributed by atoms with Crippen LogP contribution in [0.15, 0.2) is 12.1 Å². The summed E-state index contributed by atoms with van der Waals surface area (Å²) in [5.74, 6) is 1.75. The number of fused-ring (bicyclic) bond motifs is 1. The smallest absolute Gasteiger partial charge is 0.192 e. The van der Waals surface area contributed by atoms with E-state index in [1.807, 2.05) is 0 Å². The molecule has 1 N–H and O–H groups in total. The van der Waals surface area contributed by atoms with E-state index in [1.165, 1.54) is 12.8 Å². The minimum Gasteiger partial charge on any atom is -0.409 e. The van der Waals surface area contributed by atoms with Gasteiger partial charge in [-0.3, -0.25) is 0 Å². The predicted molar refractivity (Wildman–Crippen MR) is 124 cm³/mol. The highest BCUT2D eigenvalue weighted by atomic mass is 35.5. The highest BCUT2D eigenvalue weighted by Gasteiger charge is 2.61. The lowest BCUT2D eigenvalue weighted by Crippen LogP contribution is -2.41. The van der Waals surface area contributed by atoms with Crippen LogP contribution in [0.4, 0.5) is 0 Å². The van der Waals surface area contributed by atoms with Crippen LogP contribution in [0.5, 0.6) is 0 Å². The fraction of sp³-hybridized carbons (Fsp3) is 0.727. The molecular weight excluding hydrogens is 429 g/mol. The van der Waals surface area contributed by atoms with Gasteiger partial charge >= 0.3 is 0 Å². The van der Waals surface area contributed by atoms with Crippen molar-refractivity contribution in [3.05, 3.63) is 32.8 Å². The SMILES string of the molecule is CC[Si](CC)(CC)OC(CN[C@H]1C[C@@H]2[C@H](C1)C2(C)C)c1c(Cl)cc(Cl)cc1Cl. The number of halogens is 3. The molecule has 0 bridgehead atoms. The first-order chi connectivity index (χ1) is 13.2. The lowest BCUT2D eigenvalue weighted by molar-refractivity contribution is 0.179. The van der Waals surface area contributed by atoms with Crippen molar-refractivity contribution in [3.63, 3.8) is 0 Å². The first kappa shape index (κ1) is 22.9. The van der Waals surface area contributed by atoms with E-state index in [0.29, 0.717) is 26.5 Å². The van der Waals surface area contributed by atoms with E-state index < -0.39 is 8.32 Å². The molecule has 2 fully saturated rings. The molecular formula is C22H34Cl3NOSi. The summed E-state index contributed by atoms with van der Waals surface area (Å²) in [7, 11) is -1.82. The highest BCUT2D eigenvalue weighted by molar-refractivity contribution is 6.73. The Balaban J connectivity index is 1.77. The van der Waals surface area contributed by atoms with Crippen molar-refractivity contribution in [1.82, 2.24) is 5.32 Å². The molecule has 2 saturated carbocycles. The maximum absolute atomic E-state index is 6.88. The van der Waals surface area contributed by atoms with Gasteiger partial charge in [0.25, 0.3) is 0 Å². The number of hydrogen-bond donors (Lipinski definition) is 1. The van der Waals surface area contributed by atoms with Crippen LogP contribution < -0.4 is 5.32 Å². The fourth-order valence-corrected chi connectivity index (χ4v) is 9.17. The molecule has 158 valence electrons. The summed E-state index contributed by atoms with van der Waals surface area (Å²) in [6.07, 6.45) is 2.41. The van der Waals surface area contributed by atoms with Gasteiger partial charge < -0.3 is 9.74 Å². The van der Waals surface area contributed by atoms with Gasteiger partial charge in [-0.1, -0.05) is 69.4 Å². The van der Waals surface area contributed by atoms with E-state index in [-0.39, 0.29) is 6.10 Å². The van der Waals surface area contributed by atoms with E-state index >= 15 is 0 Å². The van der Waals surface area contributed by atoms with E-state index in [1.54, 1.807) is 12.1 Å². The van der Waals surface area contributed by atoms with Gasteiger partial charge in [0.05, 0.1) is 6.10 Å². The lowest BCUT2D eigenvalue weighted by atomic mass is 9.97. The number of hydrogen-bond acceptors (Lipinski definition) is 2. The normalized spacial score (nSPS) is 26.9. The molecule has 28 heavy (non-hydrogen) atoms. The molecule has 1 unspecified atom stereocenters. The minimum atomic E-state index is -1.82. The molecule has 2 nitrogen and oxygen atoms in total. The Morgan fingerprint density at radius 2 is 1.54 bits per heavy atom. The third-order valence-corrected chi connectivity index (χ3v) is 13.1. The van der Waals surface area contributed by atoms with Crippen LogP contribution in [0, 0.1) is 17.3 Å². The molecule has 3 rings (SSSR count). The maximum Gasteiger partial charge on any atom is 0.192 e. The molecule has 0 spiro atoms. The molecule has 0 saturated heterocycles. The second-order valence-corrected chi connectivity index (χ2v) is 15.2. The molecule has 2 aliphatic rings. The van der Waals surface area contributed by atoms with Crippen LogP contribution in [0.25, 0.3) is 0 Å². The summed E-state index contributed by atoms with van der Waals surface area (Å²) in [6, 6.07) is 7.42. The van der Waals surface area contributed by atoms with Gasteiger partial charge in [0.2, 0.25) is 0 Å². The van der Waals surface area contributed by atoms with Gasteiger partial charge in [0.15, 0.2) is 8.32 Å². The summed E-state index contributed by atoms with van der Waals surface area (Å²) in [4.78, 5) is 0. The summed E-state index contributed by atoms with van der Waals surface area (Å²) in [5, 5.41) is 5.56. The molecule has 0 radical (unpaired) electrons. The van der Waals surface area contributed by atoms with Gasteiger partial charge in [-0.05, 0) is 60.4 Å². The summed E-state index contributed by atoms with van der Waals surface area (Å²) in [6.45, 7) is 12.3. The molecule has 2 aliphatic carbocycles. The van der Waals surface area contributed by atoms with Crippen LogP contribution in [0.3, 0.4) is 0 Å². The second kappa shape index (κ2) is 8.76. The summed E-state index contributed by atoms with van der Waals surface area (Å²) >= 11 is 19.3. The van der Waals surface area contributed by atoms with Crippen molar-refractivity contribution in [3.8, 4) is 0 Å². The van der Waals surface area contributed by atoms with E-state index in [0.717, 1.165) is 42.1 Å². The zero-order valence-corrected chi connectivity index (χ0v) is 21.0. The van der Waals surface area contributed by atoms with E-state index in [9.17, 15) is 0 Å². The summed E-state index contributed by atoms with van der Waals surface area (Å²) in [5.41, 5.74) is 1.43. The third-order valence-electron chi connectivity index (χ3n) is 7.65. The third kappa shape index (κ3) is 4.45.